The zero-order valence-electron chi connectivity index (χ0n) is 20.6. The first-order valence-electron chi connectivity index (χ1n) is 12.6. The Morgan fingerprint density at radius 3 is 2.50 bits per heavy atom. The predicted octanol–water partition coefficient (Wildman–Crippen LogP) is 1.67. The van der Waals surface area contributed by atoms with Crippen molar-refractivity contribution in [3.63, 3.8) is 0 Å². The molecule has 3 heterocycles. The van der Waals surface area contributed by atoms with E-state index < -0.39 is 6.04 Å². The first-order chi connectivity index (χ1) is 17.4. The van der Waals surface area contributed by atoms with E-state index in [9.17, 15) is 14.4 Å². The van der Waals surface area contributed by atoms with E-state index in [0.29, 0.717) is 25.1 Å². The van der Waals surface area contributed by atoms with Crippen LogP contribution in [0.2, 0.25) is 0 Å². The van der Waals surface area contributed by atoms with Gasteiger partial charge in [-0.25, -0.2) is 0 Å². The van der Waals surface area contributed by atoms with Crippen LogP contribution in [0.4, 0.5) is 5.69 Å². The number of amides is 3. The number of hydrogen-bond acceptors (Lipinski definition) is 7. The highest BCUT2D eigenvalue weighted by molar-refractivity contribution is 6.05. The van der Waals surface area contributed by atoms with E-state index in [1.165, 1.54) is 0 Å². The number of carbonyl (C=O) groups excluding carboxylic acids is 3. The molecule has 2 unspecified atom stereocenters. The number of carbonyl (C=O) groups is 3. The maximum atomic E-state index is 12.9. The Morgan fingerprint density at radius 1 is 1.06 bits per heavy atom. The first kappa shape index (κ1) is 24.3. The Morgan fingerprint density at radius 2 is 1.81 bits per heavy atom. The van der Waals surface area contributed by atoms with E-state index in [0.717, 1.165) is 55.3 Å². The Kier molecular flexibility index (Phi) is 6.93. The summed E-state index contributed by atoms with van der Waals surface area (Å²) < 4.78 is 5.91. The minimum atomic E-state index is -0.584. The fraction of sp³-hybridized carbons (Fsp3) is 0.444. The SMILES string of the molecule is CC(N)c1ccc(OCCN2CCN(c3ccc4c(c3)CN(C3CCC(=O)NC3=O)C4=O)CC2)cc1. The number of fused-ring (bicyclic) bond motifs is 1. The lowest BCUT2D eigenvalue weighted by atomic mass is 10.0. The van der Waals surface area contributed by atoms with Gasteiger partial charge in [-0.05, 0) is 54.8 Å². The number of hydrogen-bond donors (Lipinski definition) is 2. The maximum Gasteiger partial charge on any atom is 0.255 e. The lowest BCUT2D eigenvalue weighted by Gasteiger charge is -2.36. The van der Waals surface area contributed by atoms with Crippen molar-refractivity contribution >= 4 is 23.4 Å². The second-order valence-corrected chi connectivity index (χ2v) is 9.78. The van der Waals surface area contributed by atoms with Crippen LogP contribution in [0, 0.1) is 0 Å². The average Bonchev–Trinajstić information content (AvgIpc) is 3.20. The summed E-state index contributed by atoms with van der Waals surface area (Å²) in [6, 6.07) is 13.3. The third-order valence-corrected chi connectivity index (χ3v) is 7.33. The molecule has 190 valence electrons. The number of piperazine rings is 1. The summed E-state index contributed by atoms with van der Waals surface area (Å²) in [4.78, 5) is 43.0. The van der Waals surface area contributed by atoms with Crippen LogP contribution in [-0.4, -0.2) is 72.9 Å². The topological polar surface area (TPSA) is 108 Å². The Labute approximate surface area is 211 Å². The van der Waals surface area contributed by atoms with E-state index in [1.807, 2.05) is 43.3 Å². The van der Waals surface area contributed by atoms with Crippen molar-refractivity contribution in [3.8, 4) is 5.75 Å². The molecular formula is C27H33N5O4. The van der Waals surface area contributed by atoms with Crippen molar-refractivity contribution in [2.24, 2.45) is 5.73 Å². The van der Waals surface area contributed by atoms with Gasteiger partial charge in [0, 0.05) is 63.0 Å². The minimum absolute atomic E-state index is 0.0192. The predicted molar refractivity (Wildman–Crippen MR) is 136 cm³/mol. The highest BCUT2D eigenvalue weighted by atomic mass is 16.5. The van der Waals surface area contributed by atoms with Crippen LogP contribution in [0.1, 0.15) is 47.3 Å². The third-order valence-electron chi connectivity index (χ3n) is 7.33. The summed E-state index contributed by atoms with van der Waals surface area (Å²) in [7, 11) is 0. The molecule has 9 nitrogen and oxygen atoms in total. The minimum Gasteiger partial charge on any atom is -0.492 e. The lowest BCUT2D eigenvalue weighted by molar-refractivity contribution is -0.136. The Hall–Kier alpha value is -3.43. The highest BCUT2D eigenvalue weighted by Gasteiger charge is 2.39. The van der Waals surface area contributed by atoms with Crippen molar-refractivity contribution in [1.82, 2.24) is 15.1 Å². The fourth-order valence-electron chi connectivity index (χ4n) is 5.15. The van der Waals surface area contributed by atoms with Gasteiger partial charge in [-0.2, -0.15) is 0 Å². The smallest absolute Gasteiger partial charge is 0.255 e. The van der Waals surface area contributed by atoms with Gasteiger partial charge in [0.1, 0.15) is 18.4 Å². The van der Waals surface area contributed by atoms with Crippen LogP contribution >= 0.6 is 0 Å². The molecule has 0 spiro atoms. The number of nitrogens with one attached hydrogen (secondary N) is 1. The molecule has 2 aromatic rings. The normalized spacial score (nSPS) is 21.4. The monoisotopic (exact) mass is 491 g/mol. The fourth-order valence-corrected chi connectivity index (χ4v) is 5.15. The van der Waals surface area contributed by atoms with Crippen LogP contribution in [0.25, 0.3) is 0 Å². The van der Waals surface area contributed by atoms with Crippen molar-refractivity contribution in [2.75, 3.05) is 44.2 Å². The second-order valence-electron chi connectivity index (χ2n) is 9.78. The van der Waals surface area contributed by atoms with Crippen LogP contribution < -0.4 is 20.7 Å². The van der Waals surface area contributed by atoms with Gasteiger partial charge in [0.25, 0.3) is 5.91 Å². The number of nitrogens with two attached hydrogens (primary N) is 1. The van der Waals surface area contributed by atoms with Crippen molar-refractivity contribution < 1.29 is 19.1 Å². The summed E-state index contributed by atoms with van der Waals surface area (Å²) in [6.07, 6.45) is 0.637. The molecule has 2 saturated heterocycles. The maximum absolute atomic E-state index is 12.9. The van der Waals surface area contributed by atoms with E-state index >= 15 is 0 Å². The van der Waals surface area contributed by atoms with Crippen LogP contribution in [0.5, 0.6) is 5.75 Å². The number of benzene rings is 2. The van der Waals surface area contributed by atoms with Crippen LogP contribution in [0.3, 0.4) is 0 Å². The molecular weight excluding hydrogens is 458 g/mol. The molecule has 2 aromatic carbocycles. The van der Waals surface area contributed by atoms with Crippen molar-refractivity contribution in [2.45, 2.75) is 38.4 Å². The summed E-state index contributed by atoms with van der Waals surface area (Å²) in [5.41, 5.74) is 9.67. The number of rotatable bonds is 7. The summed E-state index contributed by atoms with van der Waals surface area (Å²) >= 11 is 0. The van der Waals surface area contributed by atoms with Gasteiger partial charge in [-0.1, -0.05) is 12.1 Å². The molecule has 0 aliphatic carbocycles. The van der Waals surface area contributed by atoms with Crippen LogP contribution in [-0.2, 0) is 16.1 Å². The van der Waals surface area contributed by atoms with E-state index in [4.69, 9.17) is 10.5 Å². The molecule has 3 N–H and O–H groups in total. The first-order valence-corrected chi connectivity index (χ1v) is 12.6. The molecule has 9 heteroatoms. The standard InChI is InChI=1S/C27H33N5O4/c1-18(28)19-2-5-22(6-3-19)36-15-14-30-10-12-31(13-11-30)21-4-7-23-20(16-21)17-32(27(23)35)24-8-9-25(33)29-26(24)34/h2-7,16,18,24H,8-15,17,28H2,1H3,(H,29,33,34). The third kappa shape index (κ3) is 5.08. The van der Waals surface area contributed by atoms with Gasteiger partial charge in [0.05, 0.1) is 0 Å². The molecule has 0 aromatic heterocycles. The van der Waals surface area contributed by atoms with Crippen molar-refractivity contribution in [3.05, 3.63) is 59.2 Å². The quantitative estimate of drug-likeness (QED) is 0.567. The lowest BCUT2D eigenvalue weighted by Crippen LogP contribution is -2.52. The largest absolute Gasteiger partial charge is 0.492 e. The van der Waals surface area contributed by atoms with E-state index in [1.54, 1.807) is 4.90 Å². The van der Waals surface area contributed by atoms with Gasteiger partial charge in [-0.3, -0.25) is 24.6 Å². The number of imide groups is 1. The number of ether oxygens (including phenoxy) is 1. The Balaban J connectivity index is 1.12. The molecule has 2 atom stereocenters. The molecule has 36 heavy (non-hydrogen) atoms. The number of piperidine rings is 1. The van der Waals surface area contributed by atoms with E-state index in [2.05, 4.69) is 21.2 Å². The van der Waals surface area contributed by atoms with Gasteiger partial charge in [0.2, 0.25) is 11.8 Å². The summed E-state index contributed by atoms with van der Waals surface area (Å²) in [5, 5.41) is 2.35. The molecule has 0 saturated carbocycles. The van der Waals surface area contributed by atoms with E-state index in [-0.39, 0.29) is 30.2 Å². The molecule has 0 bridgehead atoms. The van der Waals surface area contributed by atoms with Gasteiger partial charge in [0.15, 0.2) is 0 Å². The highest BCUT2D eigenvalue weighted by Crippen LogP contribution is 2.31. The number of nitrogens with zero attached hydrogens (tertiary/aromatic N) is 3. The molecule has 2 fully saturated rings. The summed E-state index contributed by atoms with van der Waals surface area (Å²) in [5.74, 6) is 0.0688. The Bertz CT molecular complexity index is 1140. The molecule has 0 radical (unpaired) electrons. The van der Waals surface area contributed by atoms with Gasteiger partial charge >= 0.3 is 0 Å². The molecule has 3 aliphatic heterocycles. The molecule has 3 aliphatic rings. The molecule has 5 rings (SSSR count). The van der Waals surface area contributed by atoms with Crippen molar-refractivity contribution in [1.29, 1.82) is 0 Å². The van der Waals surface area contributed by atoms with Gasteiger partial charge in [-0.15, -0.1) is 0 Å². The van der Waals surface area contributed by atoms with Crippen LogP contribution in [0.15, 0.2) is 42.5 Å². The molecule has 3 amide bonds. The van der Waals surface area contributed by atoms with Gasteiger partial charge < -0.3 is 20.3 Å². The zero-order chi connectivity index (χ0) is 25.2. The zero-order valence-corrected chi connectivity index (χ0v) is 20.6. The average molecular weight is 492 g/mol. The number of anilines is 1. The summed E-state index contributed by atoms with van der Waals surface area (Å²) in [6.45, 7) is 7.53. The second kappa shape index (κ2) is 10.3.